The van der Waals surface area contributed by atoms with E-state index < -0.39 is 15.8 Å². The molecule has 0 aliphatic heterocycles. The Morgan fingerprint density at radius 2 is 2.00 bits per heavy atom. The number of halogens is 1. The van der Waals surface area contributed by atoms with Gasteiger partial charge in [-0.1, -0.05) is 31.5 Å². The van der Waals surface area contributed by atoms with Crippen LogP contribution in [-0.2, 0) is 21.4 Å². The summed E-state index contributed by atoms with van der Waals surface area (Å²) in [6, 6.07) is 5.90. The maximum Gasteiger partial charge on any atom is 0.235 e. The van der Waals surface area contributed by atoms with Crippen LogP contribution in [0, 0.1) is 5.82 Å². The average Bonchev–Trinajstić information content (AvgIpc) is 2.39. The van der Waals surface area contributed by atoms with Crippen molar-refractivity contribution in [1.29, 1.82) is 0 Å². The van der Waals surface area contributed by atoms with Crippen LogP contribution in [0.5, 0.6) is 0 Å². The van der Waals surface area contributed by atoms with Crippen molar-refractivity contribution in [3.05, 3.63) is 35.6 Å². The van der Waals surface area contributed by atoms with E-state index >= 15 is 0 Å². The number of rotatable bonds is 8. The molecule has 1 N–H and O–H groups in total. The maximum atomic E-state index is 13.7. The first kappa shape index (κ1) is 18.6. The van der Waals surface area contributed by atoms with Gasteiger partial charge in [-0.3, -0.25) is 4.79 Å². The molecule has 1 atom stereocenters. The Bertz CT molecular complexity index is 605. The van der Waals surface area contributed by atoms with Gasteiger partial charge in [0.25, 0.3) is 0 Å². The quantitative estimate of drug-likeness (QED) is 0.791. The number of nitrogens with zero attached hydrogens (tertiary/aromatic N) is 1. The first-order valence-electron chi connectivity index (χ1n) is 7.22. The lowest BCUT2D eigenvalue weighted by molar-refractivity contribution is -0.122. The van der Waals surface area contributed by atoms with Crippen LogP contribution in [0.3, 0.4) is 0 Å². The highest BCUT2D eigenvalue weighted by molar-refractivity contribution is 7.88. The SMILES string of the molecule is CCCC(C)NC(=O)CN(Cc1ccccc1F)S(C)(=O)=O. The van der Waals surface area contributed by atoms with Crippen LogP contribution in [0.2, 0.25) is 0 Å². The zero-order valence-electron chi connectivity index (χ0n) is 13.2. The van der Waals surface area contributed by atoms with Gasteiger partial charge in [0, 0.05) is 18.2 Å². The van der Waals surface area contributed by atoms with Gasteiger partial charge < -0.3 is 5.32 Å². The fourth-order valence-corrected chi connectivity index (χ4v) is 2.82. The highest BCUT2D eigenvalue weighted by Gasteiger charge is 2.22. The second kappa shape index (κ2) is 8.24. The smallest absolute Gasteiger partial charge is 0.235 e. The van der Waals surface area contributed by atoms with E-state index in [1.54, 1.807) is 6.07 Å². The highest BCUT2D eigenvalue weighted by Crippen LogP contribution is 2.12. The lowest BCUT2D eigenvalue weighted by Gasteiger charge is -2.21. The highest BCUT2D eigenvalue weighted by atomic mass is 32.2. The Kier molecular flexibility index (Phi) is 6.96. The second-order valence-corrected chi connectivity index (χ2v) is 7.36. The van der Waals surface area contributed by atoms with Crippen molar-refractivity contribution >= 4 is 15.9 Å². The topological polar surface area (TPSA) is 66.5 Å². The molecule has 1 unspecified atom stereocenters. The van der Waals surface area contributed by atoms with Crippen LogP contribution >= 0.6 is 0 Å². The van der Waals surface area contributed by atoms with Crippen LogP contribution in [-0.4, -0.2) is 37.5 Å². The molecule has 22 heavy (non-hydrogen) atoms. The summed E-state index contributed by atoms with van der Waals surface area (Å²) in [4.78, 5) is 11.9. The molecular formula is C15H23FN2O3S. The van der Waals surface area contributed by atoms with Gasteiger partial charge in [0.05, 0.1) is 12.8 Å². The van der Waals surface area contributed by atoms with Gasteiger partial charge >= 0.3 is 0 Å². The fraction of sp³-hybridized carbons (Fsp3) is 0.533. The van der Waals surface area contributed by atoms with E-state index in [0.29, 0.717) is 0 Å². The molecule has 0 bridgehead atoms. The van der Waals surface area contributed by atoms with E-state index in [1.165, 1.54) is 18.2 Å². The molecule has 0 saturated carbocycles. The van der Waals surface area contributed by atoms with E-state index in [0.717, 1.165) is 23.4 Å². The molecule has 0 aliphatic rings. The minimum Gasteiger partial charge on any atom is -0.353 e. The predicted octanol–water partition coefficient (Wildman–Crippen LogP) is 1.89. The largest absolute Gasteiger partial charge is 0.353 e. The Labute approximate surface area is 131 Å². The Hall–Kier alpha value is -1.47. The minimum absolute atomic E-state index is 0.0210. The van der Waals surface area contributed by atoms with Crippen molar-refractivity contribution in [3.63, 3.8) is 0 Å². The van der Waals surface area contributed by atoms with Crippen LogP contribution in [0.25, 0.3) is 0 Å². The number of amides is 1. The van der Waals surface area contributed by atoms with Gasteiger partial charge in [-0.25, -0.2) is 12.8 Å². The number of hydrogen-bond donors (Lipinski definition) is 1. The normalized spacial score (nSPS) is 13.1. The third-order valence-corrected chi connectivity index (χ3v) is 4.42. The summed E-state index contributed by atoms with van der Waals surface area (Å²) in [5, 5.41) is 2.74. The molecule has 1 aromatic rings. The fourth-order valence-electron chi connectivity index (χ4n) is 2.09. The summed E-state index contributed by atoms with van der Waals surface area (Å²) in [6.07, 6.45) is 2.75. The first-order chi connectivity index (χ1) is 10.2. The Balaban J connectivity index is 2.79. The van der Waals surface area contributed by atoms with E-state index in [2.05, 4.69) is 5.32 Å². The standard InChI is InChI=1S/C15H23FN2O3S/c1-4-7-12(2)17-15(19)11-18(22(3,20)21)10-13-8-5-6-9-14(13)16/h5-6,8-9,12H,4,7,10-11H2,1-3H3,(H,17,19). The number of nitrogens with one attached hydrogen (secondary N) is 1. The monoisotopic (exact) mass is 330 g/mol. The van der Waals surface area contributed by atoms with Crippen molar-refractivity contribution in [1.82, 2.24) is 9.62 Å². The molecule has 0 spiro atoms. The lowest BCUT2D eigenvalue weighted by atomic mass is 10.2. The molecule has 5 nitrogen and oxygen atoms in total. The van der Waals surface area contributed by atoms with E-state index in [1.807, 2.05) is 13.8 Å². The molecule has 7 heteroatoms. The number of hydrogen-bond acceptors (Lipinski definition) is 3. The molecule has 0 aliphatic carbocycles. The van der Waals surface area contributed by atoms with Crippen LogP contribution < -0.4 is 5.32 Å². The van der Waals surface area contributed by atoms with E-state index in [4.69, 9.17) is 0 Å². The maximum absolute atomic E-state index is 13.7. The summed E-state index contributed by atoms with van der Waals surface area (Å²) in [5.41, 5.74) is 0.238. The van der Waals surface area contributed by atoms with Crippen LogP contribution in [0.1, 0.15) is 32.3 Å². The van der Waals surface area contributed by atoms with Gasteiger partial charge in [-0.15, -0.1) is 0 Å². The van der Waals surface area contributed by atoms with E-state index in [9.17, 15) is 17.6 Å². The summed E-state index contributed by atoms with van der Waals surface area (Å²) >= 11 is 0. The number of benzene rings is 1. The van der Waals surface area contributed by atoms with Crippen LogP contribution in [0.4, 0.5) is 4.39 Å². The molecule has 0 heterocycles. The first-order valence-corrected chi connectivity index (χ1v) is 9.06. The van der Waals surface area contributed by atoms with Gasteiger partial charge in [0.15, 0.2) is 0 Å². The molecule has 0 radical (unpaired) electrons. The molecule has 0 saturated heterocycles. The third-order valence-electron chi connectivity index (χ3n) is 3.22. The summed E-state index contributed by atoms with van der Waals surface area (Å²) in [7, 11) is -3.62. The number of carbonyl (C=O) groups is 1. The molecular weight excluding hydrogens is 307 g/mol. The van der Waals surface area contributed by atoms with Gasteiger partial charge in [-0.05, 0) is 19.4 Å². The summed E-state index contributed by atoms with van der Waals surface area (Å²) in [6.45, 7) is 3.38. The number of carbonyl (C=O) groups excluding carboxylic acids is 1. The Morgan fingerprint density at radius 3 is 2.55 bits per heavy atom. The van der Waals surface area contributed by atoms with Crippen molar-refractivity contribution in [2.75, 3.05) is 12.8 Å². The third kappa shape index (κ3) is 6.11. The van der Waals surface area contributed by atoms with Gasteiger partial charge in [0.1, 0.15) is 5.82 Å². The molecule has 0 fully saturated rings. The number of sulfonamides is 1. The molecule has 1 amide bonds. The van der Waals surface area contributed by atoms with Crippen molar-refractivity contribution in [2.45, 2.75) is 39.3 Å². The Morgan fingerprint density at radius 1 is 1.36 bits per heavy atom. The zero-order valence-corrected chi connectivity index (χ0v) is 14.0. The van der Waals surface area contributed by atoms with Gasteiger partial charge in [-0.2, -0.15) is 4.31 Å². The van der Waals surface area contributed by atoms with Crippen molar-refractivity contribution in [2.24, 2.45) is 0 Å². The predicted molar refractivity (Wildman–Crippen MR) is 84.2 cm³/mol. The van der Waals surface area contributed by atoms with Crippen molar-refractivity contribution in [3.8, 4) is 0 Å². The molecule has 124 valence electrons. The molecule has 1 aromatic carbocycles. The molecule has 0 aromatic heterocycles. The van der Waals surface area contributed by atoms with Crippen molar-refractivity contribution < 1.29 is 17.6 Å². The second-order valence-electron chi connectivity index (χ2n) is 5.38. The summed E-state index contributed by atoms with van der Waals surface area (Å²) in [5.74, 6) is -0.876. The minimum atomic E-state index is -3.62. The summed E-state index contributed by atoms with van der Waals surface area (Å²) < 4.78 is 38.3. The zero-order chi connectivity index (χ0) is 16.8. The lowest BCUT2D eigenvalue weighted by Crippen LogP contribution is -2.42. The van der Waals surface area contributed by atoms with Gasteiger partial charge in [0.2, 0.25) is 15.9 Å². The van der Waals surface area contributed by atoms with E-state index in [-0.39, 0.29) is 30.6 Å². The average molecular weight is 330 g/mol. The van der Waals surface area contributed by atoms with Crippen LogP contribution in [0.15, 0.2) is 24.3 Å². The molecule has 1 rings (SSSR count).